The molecular weight excluding hydrogens is 266 g/mol. The number of hydrogen-bond donors (Lipinski definition) is 1. The van der Waals surface area contributed by atoms with Crippen LogP contribution in [0, 0.1) is 5.92 Å². The molecule has 0 aromatic carbocycles. The van der Waals surface area contributed by atoms with Gasteiger partial charge in [0.05, 0.1) is 0 Å². The van der Waals surface area contributed by atoms with E-state index in [0.717, 1.165) is 25.1 Å². The first-order valence-electron chi connectivity index (χ1n) is 7.46. The van der Waals surface area contributed by atoms with Crippen LogP contribution in [-0.4, -0.2) is 41.7 Å². The number of nitrogens with zero attached hydrogens (tertiary/aromatic N) is 2. The Morgan fingerprint density at radius 3 is 2.86 bits per heavy atom. The van der Waals surface area contributed by atoms with E-state index in [0.29, 0.717) is 5.92 Å². The van der Waals surface area contributed by atoms with Crippen LogP contribution in [0.5, 0.6) is 0 Å². The van der Waals surface area contributed by atoms with Gasteiger partial charge in [-0.1, -0.05) is 6.07 Å². The Kier molecular flexibility index (Phi) is 4.83. The number of carbonyl (C=O) groups excluding carboxylic acids is 1. The second-order valence-corrected chi connectivity index (χ2v) is 6.53. The highest BCUT2D eigenvalue weighted by Gasteiger charge is 2.34. The van der Waals surface area contributed by atoms with E-state index in [1.54, 1.807) is 11.1 Å². The van der Waals surface area contributed by atoms with Crippen molar-refractivity contribution in [1.29, 1.82) is 0 Å². The van der Waals surface area contributed by atoms with E-state index in [9.17, 15) is 4.79 Å². The molecular formula is C16H25N3O2. The van der Waals surface area contributed by atoms with E-state index < -0.39 is 5.60 Å². The van der Waals surface area contributed by atoms with Gasteiger partial charge < -0.3 is 15.0 Å². The van der Waals surface area contributed by atoms with Crippen LogP contribution in [-0.2, 0) is 4.74 Å². The van der Waals surface area contributed by atoms with Crippen molar-refractivity contribution in [2.45, 2.75) is 38.8 Å². The van der Waals surface area contributed by atoms with Crippen LogP contribution < -0.4 is 5.32 Å². The summed E-state index contributed by atoms with van der Waals surface area (Å²) in [6, 6.07) is 4.23. The third-order valence-electron chi connectivity index (χ3n) is 3.70. The zero-order chi connectivity index (χ0) is 15.5. The van der Waals surface area contributed by atoms with Crippen molar-refractivity contribution in [1.82, 2.24) is 15.2 Å². The predicted octanol–water partition coefficient (Wildman–Crippen LogP) is 2.60. The summed E-state index contributed by atoms with van der Waals surface area (Å²) in [4.78, 5) is 18.1. The maximum Gasteiger partial charge on any atom is 0.410 e. The summed E-state index contributed by atoms with van der Waals surface area (Å²) in [5.74, 6) is 0.381. The van der Waals surface area contributed by atoms with Gasteiger partial charge in [-0.05, 0) is 51.8 Å². The minimum atomic E-state index is -0.444. The number of carbonyl (C=O) groups is 1. The first-order chi connectivity index (χ1) is 9.90. The minimum Gasteiger partial charge on any atom is -0.444 e. The second kappa shape index (κ2) is 6.43. The van der Waals surface area contributed by atoms with Crippen molar-refractivity contribution in [2.75, 3.05) is 20.1 Å². The van der Waals surface area contributed by atoms with Crippen molar-refractivity contribution in [2.24, 2.45) is 5.92 Å². The predicted molar refractivity (Wildman–Crippen MR) is 82.0 cm³/mol. The average molecular weight is 291 g/mol. The molecule has 5 heteroatoms. The molecule has 1 N–H and O–H groups in total. The number of aromatic nitrogens is 1. The summed E-state index contributed by atoms with van der Waals surface area (Å²) in [6.45, 7) is 7.15. The molecule has 1 aromatic heterocycles. The molecule has 1 aromatic rings. The van der Waals surface area contributed by atoms with Crippen molar-refractivity contribution in [3.8, 4) is 0 Å². The third-order valence-corrected chi connectivity index (χ3v) is 3.70. The largest absolute Gasteiger partial charge is 0.444 e. The lowest BCUT2D eigenvalue weighted by Gasteiger charge is -2.26. The first kappa shape index (κ1) is 15.8. The Morgan fingerprint density at radius 2 is 2.29 bits per heavy atom. The van der Waals surface area contributed by atoms with Crippen LogP contribution in [0.4, 0.5) is 4.79 Å². The molecule has 1 aliphatic rings. The van der Waals surface area contributed by atoms with Gasteiger partial charge in [-0.3, -0.25) is 4.98 Å². The number of rotatable bonds is 3. The molecule has 1 fully saturated rings. The number of likely N-dealkylation sites (tertiary alicyclic amines) is 1. The molecule has 0 saturated carbocycles. The van der Waals surface area contributed by atoms with Crippen LogP contribution in [0.25, 0.3) is 0 Å². The molecule has 0 radical (unpaired) electrons. The summed E-state index contributed by atoms with van der Waals surface area (Å²) >= 11 is 0. The number of nitrogens with one attached hydrogen (secondary N) is 1. The van der Waals surface area contributed by atoms with Crippen molar-refractivity contribution in [3.05, 3.63) is 30.1 Å². The maximum absolute atomic E-state index is 12.1. The van der Waals surface area contributed by atoms with E-state index in [1.807, 2.05) is 40.1 Å². The highest BCUT2D eigenvalue weighted by Crippen LogP contribution is 2.30. The van der Waals surface area contributed by atoms with Gasteiger partial charge >= 0.3 is 6.09 Å². The fourth-order valence-corrected chi connectivity index (χ4v) is 2.79. The van der Waals surface area contributed by atoms with Gasteiger partial charge in [0.2, 0.25) is 0 Å². The summed E-state index contributed by atoms with van der Waals surface area (Å²) in [7, 11) is 1.95. The monoisotopic (exact) mass is 291 g/mol. The first-order valence-corrected chi connectivity index (χ1v) is 7.46. The molecule has 0 spiro atoms. The molecule has 116 valence electrons. The Morgan fingerprint density at radius 1 is 1.52 bits per heavy atom. The quantitative estimate of drug-likeness (QED) is 0.930. The Balaban J connectivity index is 1.99. The zero-order valence-corrected chi connectivity index (χ0v) is 13.3. The molecule has 2 rings (SSSR count). The van der Waals surface area contributed by atoms with E-state index in [4.69, 9.17) is 4.74 Å². The molecule has 21 heavy (non-hydrogen) atoms. The van der Waals surface area contributed by atoms with Crippen LogP contribution in [0.15, 0.2) is 24.5 Å². The fourth-order valence-electron chi connectivity index (χ4n) is 2.79. The number of amides is 1. The lowest BCUT2D eigenvalue weighted by molar-refractivity contribution is 0.0285. The number of hydrogen-bond acceptors (Lipinski definition) is 4. The van der Waals surface area contributed by atoms with Gasteiger partial charge in [0.25, 0.3) is 0 Å². The fraction of sp³-hybridized carbons (Fsp3) is 0.625. The molecule has 1 aliphatic heterocycles. The van der Waals surface area contributed by atoms with Crippen LogP contribution in [0.3, 0.4) is 0 Å². The normalized spacial score (nSPS) is 20.4. The van der Waals surface area contributed by atoms with Gasteiger partial charge in [0, 0.05) is 31.5 Å². The molecule has 2 atom stereocenters. The standard InChI is InChI=1S/C16H25N3O2/c1-16(2,3)21-15(20)19-9-7-13(11-19)14(17-4)12-6-5-8-18-10-12/h5-6,8,10,13-14,17H,7,9,11H2,1-4H3. The highest BCUT2D eigenvalue weighted by molar-refractivity contribution is 5.68. The molecule has 0 aliphatic carbocycles. The van der Waals surface area contributed by atoms with E-state index in [-0.39, 0.29) is 12.1 Å². The van der Waals surface area contributed by atoms with E-state index in [1.165, 1.54) is 0 Å². The van der Waals surface area contributed by atoms with E-state index in [2.05, 4.69) is 16.4 Å². The lowest BCUT2D eigenvalue weighted by Crippen LogP contribution is -2.36. The molecule has 1 saturated heterocycles. The Hall–Kier alpha value is -1.62. The topological polar surface area (TPSA) is 54.5 Å². The van der Waals surface area contributed by atoms with Crippen LogP contribution >= 0.6 is 0 Å². The maximum atomic E-state index is 12.1. The van der Waals surface area contributed by atoms with E-state index >= 15 is 0 Å². The summed E-state index contributed by atoms with van der Waals surface area (Å²) < 4.78 is 5.44. The average Bonchev–Trinajstić information content (AvgIpc) is 2.89. The van der Waals surface area contributed by atoms with Gasteiger partial charge in [0.1, 0.15) is 5.60 Å². The van der Waals surface area contributed by atoms with Gasteiger partial charge in [-0.15, -0.1) is 0 Å². The van der Waals surface area contributed by atoms with Crippen molar-refractivity contribution >= 4 is 6.09 Å². The SMILES string of the molecule is CNC(c1cccnc1)C1CCN(C(=O)OC(C)(C)C)C1. The molecule has 5 nitrogen and oxygen atoms in total. The smallest absolute Gasteiger partial charge is 0.410 e. The molecule has 0 bridgehead atoms. The number of ether oxygens (including phenoxy) is 1. The van der Waals surface area contributed by atoms with Crippen LogP contribution in [0.1, 0.15) is 38.8 Å². The Labute approximate surface area is 126 Å². The summed E-state index contributed by atoms with van der Waals surface area (Å²) in [6.07, 6.45) is 4.42. The summed E-state index contributed by atoms with van der Waals surface area (Å²) in [5, 5.41) is 3.35. The van der Waals surface area contributed by atoms with Crippen molar-refractivity contribution in [3.63, 3.8) is 0 Å². The zero-order valence-electron chi connectivity index (χ0n) is 13.3. The Bertz CT molecular complexity index is 470. The third kappa shape index (κ3) is 4.17. The van der Waals surface area contributed by atoms with Gasteiger partial charge in [-0.2, -0.15) is 0 Å². The van der Waals surface area contributed by atoms with Crippen molar-refractivity contribution < 1.29 is 9.53 Å². The molecule has 1 amide bonds. The van der Waals surface area contributed by atoms with Gasteiger partial charge in [0.15, 0.2) is 0 Å². The highest BCUT2D eigenvalue weighted by atomic mass is 16.6. The molecule has 2 heterocycles. The second-order valence-electron chi connectivity index (χ2n) is 6.53. The lowest BCUT2D eigenvalue weighted by atomic mass is 9.93. The van der Waals surface area contributed by atoms with Crippen LogP contribution in [0.2, 0.25) is 0 Å². The number of pyridine rings is 1. The van der Waals surface area contributed by atoms with Gasteiger partial charge in [-0.25, -0.2) is 4.79 Å². The summed E-state index contributed by atoms with van der Waals surface area (Å²) in [5.41, 5.74) is 0.719. The molecule has 2 unspecified atom stereocenters. The minimum absolute atomic E-state index is 0.214.